The summed E-state index contributed by atoms with van der Waals surface area (Å²) in [5.41, 5.74) is 2.15. The topological polar surface area (TPSA) is 87.4 Å². The average Bonchev–Trinajstić information content (AvgIpc) is 2.90. The van der Waals surface area contributed by atoms with Crippen molar-refractivity contribution < 1.29 is 9.47 Å². The Hall–Kier alpha value is -4.33. The summed E-state index contributed by atoms with van der Waals surface area (Å²) in [7, 11) is 3.20. The molecule has 0 saturated heterocycles. The average molecular weight is 473 g/mol. The molecule has 2 aromatic heterocycles. The molecule has 4 rings (SSSR count). The smallest absolute Gasteiger partial charge is 0.331 e. The first kappa shape index (κ1) is 23.8. The normalized spacial score (nSPS) is 10.7. The molecule has 2 heterocycles. The second kappa shape index (κ2) is 10.7. The summed E-state index contributed by atoms with van der Waals surface area (Å²) in [6.07, 6.45) is 3.99. The number of nitrogens with zero attached hydrogens (tertiary/aromatic N) is 3. The minimum atomic E-state index is -0.412. The maximum Gasteiger partial charge on any atom is 0.331 e. The molecule has 0 saturated carbocycles. The van der Waals surface area contributed by atoms with Crippen LogP contribution in [-0.4, -0.2) is 28.3 Å². The lowest BCUT2D eigenvalue weighted by molar-refractivity contribution is 0.414. The van der Waals surface area contributed by atoms with Crippen LogP contribution < -0.4 is 26.0 Å². The van der Waals surface area contributed by atoms with Crippen LogP contribution in [0.25, 0.3) is 0 Å². The van der Waals surface area contributed by atoms with Gasteiger partial charge in [-0.05, 0) is 53.4 Å². The lowest BCUT2D eigenvalue weighted by Gasteiger charge is -2.15. The summed E-state index contributed by atoms with van der Waals surface area (Å²) >= 11 is 0. The Balaban J connectivity index is 1.77. The largest absolute Gasteiger partial charge is 0.497 e. The number of anilines is 2. The molecule has 0 aliphatic heterocycles. The molecule has 0 aliphatic rings. The number of hydrogen-bond donors (Lipinski definition) is 1. The third-order valence-corrected chi connectivity index (χ3v) is 5.77. The number of benzene rings is 2. The minimum absolute atomic E-state index is 0.128. The van der Waals surface area contributed by atoms with Crippen molar-refractivity contribution in [1.29, 1.82) is 0 Å². The molecule has 1 N–H and O–H groups in total. The third kappa shape index (κ3) is 5.43. The van der Waals surface area contributed by atoms with Crippen LogP contribution in [0.5, 0.6) is 11.5 Å². The SMILES string of the molecule is CCc1cccnc1Nc1cn(Cc2ccc(OC)cc2)c(=O)n(Cc2ccc(OC)cc2)c1=O. The van der Waals surface area contributed by atoms with Crippen LogP contribution in [0.1, 0.15) is 23.6 Å². The highest BCUT2D eigenvalue weighted by Gasteiger charge is 2.14. The van der Waals surface area contributed by atoms with Crippen LogP contribution in [0.4, 0.5) is 11.5 Å². The molecule has 0 amide bonds. The fourth-order valence-corrected chi connectivity index (χ4v) is 3.80. The Labute approximate surface area is 203 Å². The molecule has 0 aliphatic carbocycles. The predicted octanol–water partition coefficient (Wildman–Crippen LogP) is 3.82. The van der Waals surface area contributed by atoms with E-state index in [1.54, 1.807) is 38.7 Å². The van der Waals surface area contributed by atoms with Gasteiger partial charge in [-0.25, -0.2) is 9.78 Å². The van der Waals surface area contributed by atoms with E-state index < -0.39 is 11.2 Å². The summed E-state index contributed by atoms with van der Waals surface area (Å²) in [5.74, 6) is 2.03. The zero-order valence-electron chi connectivity index (χ0n) is 20.0. The molecular formula is C27H28N4O4. The van der Waals surface area contributed by atoms with Gasteiger partial charge in [-0.2, -0.15) is 0 Å². The number of rotatable bonds is 9. The van der Waals surface area contributed by atoms with Crippen molar-refractivity contribution in [2.75, 3.05) is 19.5 Å². The van der Waals surface area contributed by atoms with Gasteiger partial charge in [0.05, 0.1) is 27.3 Å². The molecule has 0 unspecified atom stereocenters. The molecule has 35 heavy (non-hydrogen) atoms. The molecular weight excluding hydrogens is 444 g/mol. The highest BCUT2D eigenvalue weighted by Crippen LogP contribution is 2.17. The van der Waals surface area contributed by atoms with Crippen molar-refractivity contribution in [3.05, 3.63) is 111 Å². The monoisotopic (exact) mass is 472 g/mol. The van der Waals surface area contributed by atoms with E-state index in [4.69, 9.17) is 9.47 Å². The van der Waals surface area contributed by atoms with Crippen LogP contribution in [0.2, 0.25) is 0 Å². The van der Waals surface area contributed by atoms with E-state index in [1.807, 2.05) is 55.5 Å². The molecule has 0 fully saturated rings. The molecule has 180 valence electrons. The zero-order valence-corrected chi connectivity index (χ0v) is 20.0. The minimum Gasteiger partial charge on any atom is -0.497 e. The first-order valence-electron chi connectivity index (χ1n) is 11.3. The predicted molar refractivity (Wildman–Crippen MR) is 136 cm³/mol. The van der Waals surface area contributed by atoms with Gasteiger partial charge in [0.2, 0.25) is 0 Å². The Morgan fingerprint density at radius 2 is 1.46 bits per heavy atom. The summed E-state index contributed by atoms with van der Waals surface area (Å²) in [4.78, 5) is 31.2. The lowest BCUT2D eigenvalue weighted by atomic mass is 10.2. The summed E-state index contributed by atoms with van der Waals surface area (Å²) in [5, 5.41) is 3.16. The zero-order chi connectivity index (χ0) is 24.8. The van der Waals surface area contributed by atoms with E-state index in [0.717, 1.165) is 28.9 Å². The first-order chi connectivity index (χ1) is 17.0. The fraction of sp³-hybridized carbons (Fsp3) is 0.222. The van der Waals surface area contributed by atoms with Gasteiger partial charge in [0, 0.05) is 12.4 Å². The fourth-order valence-electron chi connectivity index (χ4n) is 3.80. The lowest BCUT2D eigenvalue weighted by Crippen LogP contribution is -2.41. The van der Waals surface area contributed by atoms with Crippen LogP contribution in [0, 0.1) is 0 Å². The standard InChI is InChI=1S/C27H28N4O4/c1-4-21-6-5-15-28-25(21)29-24-18-30(16-19-7-11-22(34-2)12-8-19)27(33)31(26(24)32)17-20-9-13-23(35-3)14-10-20/h5-15,18H,4,16-17H2,1-3H3,(H,28,29). The Kier molecular flexibility index (Phi) is 7.30. The number of methoxy groups -OCH3 is 2. The Morgan fingerprint density at radius 1 is 0.857 bits per heavy atom. The Bertz CT molecular complexity index is 1410. The van der Waals surface area contributed by atoms with Gasteiger partial charge in [-0.15, -0.1) is 0 Å². The maximum absolute atomic E-state index is 13.4. The first-order valence-corrected chi connectivity index (χ1v) is 11.3. The maximum atomic E-state index is 13.4. The van der Waals surface area contributed by atoms with Gasteiger partial charge in [-0.3, -0.25) is 13.9 Å². The van der Waals surface area contributed by atoms with Crippen LogP contribution in [0.3, 0.4) is 0 Å². The number of nitrogens with one attached hydrogen (secondary N) is 1. The molecule has 0 atom stereocenters. The van der Waals surface area contributed by atoms with Crippen molar-refractivity contribution >= 4 is 11.5 Å². The van der Waals surface area contributed by atoms with E-state index >= 15 is 0 Å². The summed E-state index contributed by atoms with van der Waals surface area (Å²) < 4.78 is 13.2. The van der Waals surface area contributed by atoms with Crippen molar-refractivity contribution in [3.63, 3.8) is 0 Å². The highest BCUT2D eigenvalue weighted by molar-refractivity contribution is 5.57. The molecule has 0 bridgehead atoms. The quantitative estimate of drug-likeness (QED) is 0.399. The molecule has 4 aromatic rings. The van der Waals surface area contributed by atoms with Gasteiger partial charge in [-0.1, -0.05) is 37.3 Å². The van der Waals surface area contributed by atoms with Crippen molar-refractivity contribution in [3.8, 4) is 11.5 Å². The van der Waals surface area contributed by atoms with E-state index in [1.165, 1.54) is 9.13 Å². The number of aryl methyl sites for hydroxylation is 1. The van der Waals surface area contributed by atoms with Crippen LogP contribution >= 0.6 is 0 Å². The van der Waals surface area contributed by atoms with E-state index in [0.29, 0.717) is 18.1 Å². The van der Waals surface area contributed by atoms with Gasteiger partial charge in [0.25, 0.3) is 5.56 Å². The van der Waals surface area contributed by atoms with Crippen molar-refractivity contribution in [2.45, 2.75) is 26.4 Å². The molecule has 8 nitrogen and oxygen atoms in total. The van der Waals surface area contributed by atoms with E-state index in [9.17, 15) is 9.59 Å². The van der Waals surface area contributed by atoms with Gasteiger partial charge < -0.3 is 14.8 Å². The molecule has 8 heteroatoms. The second-order valence-corrected chi connectivity index (χ2v) is 8.03. The van der Waals surface area contributed by atoms with Gasteiger partial charge in [0.15, 0.2) is 0 Å². The third-order valence-electron chi connectivity index (χ3n) is 5.77. The highest BCUT2D eigenvalue weighted by atomic mass is 16.5. The molecule has 0 spiro atoms. The second-order valence-electron chi connectivity index (χ2n) is 8.03. The van der Waals surface area contributed by atoms with Crippen molar-refractivity contribution in [1.82, 2.24) is 14.1 Å². The number of hydrogen-bond acceptors (Lipinski definition) is 6. The summed E-state index contributed by atoms with van der Waals surface area (Å²) in [6, 6.07) is 18.6. The van der Waals surface area contributed by atoms with Gasteiger partial charge >= 0.3 is 5.69 Å². The van der Waals surface area contributed by atoms with Crippen LogP contribution in [0.15, 0.2) is 82.6 Å². The van der Waals surface area contributed by atoms with Gasteiger partial charge in [0.1, 0.15) is 23.0 Å². The molecule has 2 aromatic carbocycles. The Morgan fingerprint density at radius 3 is 2.03 bits per heavy atom. The summed E-state index contributed by atoms with van der Waals surface area (Å²) in [6.45, 7) is 2.45. The number of aromatic nitrogens is 3. The van der Waals surface area contributed by atoms with E-state index in [-0.39, 0.29) is 12.2 Å². The van der Waals surface area contributed by atoms with Crippen LogP contribution in [-0.2, 0) is 19.5 Å². The number of ether oxygens (including phenoxy) is 2. The van der Waals surface area contributed by atoms with E-state index in [2.05, 4.69) is 10.3 Å². The number of pyridine rings is 1. The van der Waals surface area contributed by atoms with Crippen molar-refractivity contribution in [2.24, 2.45) is 0 Å². The molecule has 0 radical (unpaired) electrons.